The van der Waals surface area contributed by atoms with E-state index in [9.17, 15) is 0 Å². The Labute approximate surface area is 158 Å². The van der Waals surface area contributed by atoms with Crippen LogP contribution in [0.1, 0.15) is 0 Å². The molecule has 7 heteroatoms. The second-order valence-corrected chi connectivity index (χ2v) is 6.83. The highest BCUT2D eigenvalue weighted by molar-refractivity contribution is 7.71. The van der Waals surface area contributed by atoms with Gasteiger partial charge in [0.15, 0.2) is 10.6 Å². The van der Waals surface area contributed by atoms with E-state index < -0.39 is 0 Å². The van der Waals surface area contributed by atoms with Gasteiger partial charge in [0.2, 0.25) is 0 Å². The molecule has 0 radical (unpaired) electrons. The van der Waals surface area contributed by atoms with Gasteiger partial charge in [-0.1, -0.05) is 36.4 Å². The lowest BCUT2D eigenvalue weighted by Crippen LogP contribution is -2.47. The maximum atomic E-state index is 5.60. The predicted molar refractivity (Wildman–Crippen MR) is 105 cm³/mol. The Balaban J connectivity index is 1.45. The highest BCUT2D eigenvalue weighted by Gasteiger charge is 2.19. The fraction of sp³-hybridized carbons (Fsp3) is 0.316. The van der Waals surface area contributed by atoms with E-state index in [-0.39, 0.29) is 0 Å². The third-order valence-electron chi connectivity index (χ3n) is 4.75. The number of hydrogen-bond acceptors (Lipinski definition) is 5. The summed E-state index contributed by atoms with van der Waals surface area (Å²) in [6.07, 6.45) is 1.85. The van der Waals surface area contributed by atoms with Gasteiger partial charge in [-0.2, -0.15) is 5.10 Å². The zero-order valence-corrected chi connectivity index (χ0v) is 15.6. The van der Waals surface area contributed by atoms with E-state index in [4.69, 9.17) is 17.3 Å². The number of anilines is 1. The van der Waals surface area contributed by atoms with E-state index in [1.165, 1.54) is 0 Å². The molecule has 1 aromatic carbocycles. The van der Waals surface area contributed by atoms with Crippen LogP contribution in [0.15, 0.2) is 54.7 Å². The van der Waals surface area contributed by atoms with Crippen molar-refractivity contribution >= 4 is 18.0 Å². The zero-order chi connectivity index (χ0) is 17.9. The van der Waals surface area contributed by atoms with Crippen molar-refractivity contribution < 1.29 is 0 Å². The molecule has 1 fully saturated rings. The molecular formula is C19H22N6S. The maximum absolute atomic E-state index is 5.60. The number of pyridine rings is 1. The summed E-state index contributed by atoms with van der Waals surface area (Å²) in [5, 5.41) is 4.76. The van der Waals surface area contributed by atoms with Crippen molar-refractivity contribution in [1.29, 1.82) is 0 Å². The molecule has 26 heavy (non-hydrogen) atoms. The molecule has 3 heterocycles. The van der Waals surface area contributed by atoms with E-state index in [2.05, 4.69) is 33.0 Å². The fourth-order valence-corrected chi connectivity index (χ4v) is 3.45. The van der Waals surface area contributed by atoms with Crippen LogP contribution < -0.4 is 4.90 Å². The molecule has 0 bridgehead atoms. The van der Waals surface area contributed by atoms with Crippen LogP contribution in [-0.4, -0.2) is 50.4 Å². The van der Waals surface area contributed by atoms with Gasteiger partial charge in [0.05, 0.1) is 6.67 Å². The molecule has 0 spiro atoms. The van der Waals surface area contributed by atoms with Crippen LogP contribution >= 0.6 is 12.2 Å². The predicted octanol–water partition coefficient (Wildman–Crippen LogP) is 2.79. The summed E-state index contributed by atoms with van der Waals surface area (Å²) in [7, 11) is 1.98. The van der Waals surface area contributed by atoms with Gasteiger partial charge >= 0.3 is 0 Å². The van der Waals surface area contributed by atoms with Crippen molar-refractivity contribution in [2.45, 2.75) is 6.67 Å². The summed E-state index contributed by atoms with van der Waals surface area (Å²) in [6.45, 7) is 4.58. The van der Waals surface area contributed by atoms with Gasteiger partial charge in [0.25, 0.3) is 0 Å². The first-order valence-electron chi connectivity index (χ1n) is 8.80. The molecular weight excluding hydrogens is 344 g/mol. The normalized spacial score (nSPS) is 15.3. The first-order valence-corrected chi connectivity index (χ1v) is 9.21. The molecule has 0 atom stereocenters. The number of benzene rings is 1. The van der Waals surface area contributed by atoms with Gasteiger partial charge in [0, 0.05) is 45.0 Å². The second-order valence-electron chi connectivity index (χ2n) is 6.47. The van der Waals surface area contributed by atoms with Crippen molar-refractivity contribution in [3.8, 4) is 11.4 Å². The van der Waals surface area contributed by atoms with Gasteiger partial charge < -0.3 is 9.47 Å². The van der Waals surface area contributed by atoms with Gasteiger partial charge in [-0.05, 0) is 24.4 Å². The summed E-state index contributed by atoms with van der Waals surface area (Å²) in [5.74, 6) is 1.95. The summed E-state index contributed by atoms with van der Waals surface area (Å²) >= 11 is 5.60. The lowest BCUT2D eigenvalue weighted by atomic mass is 10.2. The van der Waals surface area contributed by atoms with Crippen LogP contribution in [0.2, 0.25) is 0 Å². The Morgan fingerprint density at radius 1 is 0.962 bits per heavy atom. The molecule has 1 aliphatic rings. The van der Waals surface area contributed by atoms with E-state index >= 15 is 0 Å². The number of hydrogen-bond donors (Lipinski definition) is 0. The molecule has 3 aromatic rings. The molecule has 1 saturated heterocycles. The maximum Gasteiger partial charge on any atom is 0.199 e. The number of nitrogens with zero attached hydrogens (tertiary/aromatic N) is 6. The molecule has 0 N–H and O–H groups in total. The molecule has 0 unspecified atom stereocenters. The van der Waals surface area contributed by atoms with Gasteiger partial charge in [0.1, 0.15) is 5.82 Å². The van der Waals surface area contributed by atoms with Gasteiger partial charge in [-0.3, -0.25) is 4.90 Å². The van der Waals surface area contributed by atoms with Crippen molar-refractivity contribution in [3.63, 3.8) is 0 Å². The zero-order valence-electron chi connectivity index (χ0n) is 14.8. The molecule has 1 aliphatic heterocycles. The molecule has 0 aliphatic carbocycles. The van der Waals surface area contributed by atoms with Crippen LogP contribution in [-0.2, 0) is 13.7 Å². The van der Waals surface area contributed by atoms with Crippen molar-refractivity contribution in [2.75, 3.05) is 31.1 Å². The third kappa shape index (κ3) is 3.40. The lowest BCUT2D eigenvalue weighted by Gasteiger charge is -2.35. The Morgan fingerprint density at radius 2 is 1.69 bits per heavy atom. The number of rotatable bonds is 4. The van der Waals surface area contributed by atoms with Crippen LogP contribution in [0.25, 0.3) is 11.4 Å². The van der Waals surface area contributed by atoms with Crippen molar-refractivity contribution in [1.82, 2.24) is 24.2 Å². The molecule has 4 rings (SSSR count). The Morgan fingerprint density at radius 3 is 2.38 bits per heavy atom. The topological polar surface area (TPSA) is 42.1 Å². The summed E-state index contributed by atoms with van der Waals surface area (Å²) in [4.78, 5) is 9.15. The monoisotopic (exact) mass is 366 g/mol. The Kier molecular flexibility index (Phi) is 4.81. The minimum Gasteiger partial charge on any atom is -0.354 e. The van der Waals surface area contributed by atoms with E-state index in [1.54, 1.807) is 0 Å². The molecule has 0 saturated carbocycles. The minimum atomic E-state index is 0.718. The molecule has 6 nitrogen and oxygen atoms in total. The Bertz CT molecular complexity index is 910. The second kappa shape index (κ2) is 7.39. The van der Waals surface area contributed by atoms with Crippen LogP contribution in [0.4, 0.5) is 5.82 Å². The minimum absolute atomic E-state index is 0.718. The summed E-state index contributed by atoms with van der Waals surface area (Å²) < 4.78 is 4.65. The quantitative estimate of drug-likeness (QED) is 0.664. The molecule has 2 aromatic heterocycles. The van der Waals surface area contributed by atoms with Crippen LogP contribution in [0, 0.1) is 4.77 Å². The lowest BCUT2D eigenvalue weighted by molar-refractivity contribution is 0.194. The average Bonchev–Trinajstić information content (AvgIpc) is 2.98. The fourth-order valence-electron chi connectivity index (χ4n) is 3.27. The number of piperazine rings is 1. The van der Waals surface area contributed by atoms with Crippen molar-refractivity contribution in [2.24, 2.45) is 7.05 Å². The standard InChI is InChI=1S/C19H22N6S/c1-22-18(16-7-3-2-4-8-16)21-25(19(22)26)15-23-11-13-24(14-12-23)17-9-5-6-10-20-17/h2-10H,11-15H2,1H3. The SMILES string of the molecule is Cn1c(-c2ccccc2)nn(CN2CCN(c3ccccn3)CC2)c1=S. The smallest absolute Gasteiger partial charge is 0.199 e. The summed E-state index contributed by atoms with van der Waals surface area (Å²) in [6, 6.07) is 16.2. The van der Waals surface area contributed by atoms with Gasteiger partial charge in [-0.15, -0.1) is 0 Å². The van der Waals surface area contributed by atoms with E-state index in [0.29, 0.717) is 0 Å². The highest BCUT2D eigenvalue weighted by atomic mass is 32.1. The van der Waals surface area contributed by atoms with E-state index in [1.807, 2.05) is 52.8 Å². The van der Waals surface area contributed by atoms with Crippen LogP contribution in [0.3, 0.4) is 0 Å². The van der Waals surface area contributed by atoms with Crippen molar-refractivity contribution in [3.05, 3.63) is 59.5 Å². The van der Waals surface area contributed by atoms with Gasteiger partial charge in [-0.25, -0.2) is 9.67 Å². The molecule has 134 valence electrons. The average molecular weight is 366 g/mol. The summed E-state index contributed by atoms with van der Waals surface area (Å²) in [5.41, 5.74) is 1.08. The first kappa shape index (κ1) is 16.9. The number of aromatic nitrogens is 4. The Hall–Kier alpha value is -2.51. The third-order valence-corrected chi connectivity index (χ3v) is 5.24. The molecule has 0 amide bonds. The first-order chi connectivity index (χ1) is 12.7. The van der Waals surface area contributed by atoms with E-state index in [0.717, 1.165) is 54.8 Å². The highest BCUT2D eigenvalue weighted by Crippen LogP contribution is 2.18. The van der Waals surface area contributed by atoms with Crippen LogP contribution in [0.5, 0.6) is 0 Å². The largest absolute Gasteiger partial charge is 0.354 e.